The molecule has 5 nitrogen and oxygen atoms in total. The number of rotatable bonds is 5. The van der Waals surface area contributed by atoms with E-state index in [-0.39, 0.29) is 11.1 Å². The van der Waals surface area contributed by atoms with Gasteiger partial charge in [-0.05, 0) is 43.9 Å². The van der Waals surface area contributed by atoms with E-state index in [9.17, 15) is 14.3 Å². The Kier molecular flexibility index (Phi) is 5.03. The molecule has 1 aromatic carbocycles. The Labute approximate surface area is 127 Å². The van der Waals surface area contributed by atoms with Crippen LogP contribution in [0.2, 0.25) is 5.02 Å². The summed E-state index contributed by atoms with van der Waals surface area (Å²) in [5.74, 6) is -0.505. The van der Waals surface area contributed by atoms with Gasteiger partial charge in [-0.3, -0.25) is 9.63 Å². The topological polar surface area (TPSA) is 61.8 Å². The van der Waals surface area contributed by atoms with Gasteiger partial charge in [-0.1, -0.05) is 11.6 Å². The molecule has 0 aliphatic heterocycles. The monoisotopic (exact) mass is 316 g/mol. The van der Waals surface area contributed by atoms with E-state index in [1.165, 1.54) is 24.3 Å². The molecule has 21 heavy (non-hydrogen) atoms. The van der Waals surface area contributed by atoms with Gasteiger partial charge in [-0.15, -0.1) is 0 Å². The van der Waals surface area contributed by atoms with Crippen molar-refractivity contribution in [3.05, 3.63) is 29.0 Å². The normalized spacial score (nSPS) is 25.4. The Bertz CT molecular complexity index is 507. The summed E-state index contributed by atoms with van der Waals surface area (Å²) in [4.78, 5) is 16.4. The molecule has 1 amide bonds. The van der Waals surface area contributed by atoms with Gasteiger partial charge in [0.1, 0.15) is 11.5 Å². The van der Waals surface area contributed by atoms with E-state index in [4.69, 9.17) is 16.4 Å². The minimum atomic E-state index is -0.781. The van der Waals surface area contributed by atoms with Crippen molar-refractivity contribution in [2.75, 3.05) is 12.4 Å². The van der Waals surface area contributed by atoms with Gasteiger partial charge in [0, 0.05) is 5.69 Å². The van der Waals surface area contributed by atoms with Gasteiger partial charge in [0.05, 0.1) is 18.2 Å². The number of aliphatic hydroxyl groups is 1. The smallest absolute Gasteiger partial charge is 0.235 e. The van der Waals surface area contributed by atoms with Crippen LogP contribution >= 0.6 is 11.6 Å². The molecule has 1 aliphatic rings. The number of halogens is 2. The predicted molar refractivity (Wildman–Crippen MR) is 77.2 cm³/mol. The highest BCUT2D eigenvalue weighted by molar-refractivity contribution is 6.31. The van der Waals surface area contributed by atoms with Crippen molar-refractivity contribution in [2.24, 2.45) is 0 Å². The molecule has 0 aromatic heterocycles. The van der Waals surface area contributed by atoms with E-state index in [2.05, 4.69) is 5.32 Å². The third-order valence-corrected chi connectivity index (χ3v) is 4.08. The number of amides is 1. The molecule has 0 bridgehead atoms. The predicted octanol–water partition coefficient (Wildman–Crippen LogP) is 2.54. The van der Waals surface area contributed by atoms with Crippen LogP contribution in [0.25, 0.3) is 0 Å². The zero-order chi connectivity index (χ0) is 15.5. The Morgan fingerprint density at radius 3 is 2.71 bits per heavy atom. The summed E-state index contributed by atoms with van der Waals surface area (Å²) < 4.78 is 13.2. The van der Waals surface area contributed by atoms with Gasteiger partial charge in [0.25, 0.3) is 0 Å². The maximum absolute atomic E-state index is 13.2. The lowest BCUT2D eigenvalue weighted by molar-refractivity contribution is -0.198. The molecule has 2 N–H and O–H groups in total. The molecule has 1 saturated carbocycles. The van der Waals surface area contributed by atoms with Crippen molar-refractivity contribution in [3.8, 4) is 0 Å². The molecule has 7 heteroatoms. The van der Waals surface area contributed by atoms with Crippen LogP contribution in [-0.2, 0) is 9.63 Å². The number of benzene rings is 1. The zero-order valence-corrected chi connectivity index (χ0v) is 12.4. The fraction of sp³-hybridized carbons (Fsp3) is 0.500. The number of nitrogens with zero attached hydrogens (tertiary/aromatic N) is 1. The Morgan fingerprint density at radius 1 is 1.52 bits per heavy atom. The van der Waals surface area contributed by atoms with Crippen molar-refractivity contribution in [2.45, 2.75) is 37.5 Å². The molecule has 0 saturated heterocycles. The molecule has 116 valence electrons. The number of hydrogen-bond acceptors (Lipinski definition) is 4. The average molecular weight is 317 g/mol. The van der Waals surface area contributed by atoms with Crippen LogP contribution in [-0.4, -0.2) is 35.5 Å². The van der Waals surface area contributed by atoms with Crippen molar-refractivity contribution in [3.63, 3.8) is 0 Å². The largest absolute Gasteiger partial charge is 0.393 e. The van der Waals surface area contributed by atoms with E-state index in [0.29, 0.717) is 37.8 Å². The second kappa shape index (κ2) is 6.60. The summed E-state index contributed by atoms with van der Waals surface area (Å²) >= 11 is 5.78. The Balaban J connectivity index is 2.27. The van der Waals surface area contributed by atoms with Crippen LogP contribution in [0.4, 0.5) is 10.1 Å². The lowest BCUT2D eigenvalue weighted by Gasteiger charge is -2.44. The Morgan fingerprint density at radius 2 is 2.19 bits per heavy atom. The standard InChI is InChI=1S/C14H18ClFN2O3/c1-21-18(9-19)14(6-4-11(20)5-7-14)17-10-2-3-13(16)12(15)8-10/h2-3,8-9,11,17,20H,4-7H2,1H3. The van der Waals surface area contributed by atoms with Crippen LogP contribution in [0.3, 0.4) is 0 Å². The molecule has 0 heterocycles. The van der Waals surface area contributed by atoms with Crippen molar-refractivity contribution in [1.29, 1.82) is 0 Å². The van der Waals surface area contributed by atoms with Crippen molar-refractivity contribution < 1.29 is 19.1 Å². The first-order valence-electron chi connectivity index (χ1n) is 6.71. The highest BCUT2D eigenvalue weighted by Gasteiger charge is 2.40. The number of aliphatic hydroxyl groups excluding tert-OH is 1. The first-order chi connectivity index (χ1) is 10.0. The number of anilines is 1. The molecular formula is C14H18ClFN2O3. The molecule has 2 rings (SSSR count). The van der Waals surface area contributed by atoms with Gasteiger partial charge in [0.2, 0.25) is 6.41 Å². The molecule has 0 unspecified atom stereocenters. The van der Waals surface area contributed by atoms with Crippen LogP contribution in [0.1, 0.15) is 25.7 Å². The summed E-state index contributed by atoms with van der Waals surface area (Å²) in [6.45, 7) is 0. The number of carbonyl (C=O) groups excluding carboxylic acids is 1. The van der Waals surface area contributed by atoms with Crippen molar-refractivity contribution >= 4 is 23.7 Å². The lowest BCUT2D eigenvalue weighted by atomic mass is 9.86. The highest BCUT2D eigenvalue weighted by atomic mass is 35.5. The van der Waals surface area contributed by atoms with E-state index in [1.807, 2.05) is 0 Å². The molecule has 0 spiro atoms. The molecule has 1 aliphatic carbocycles. The van der Waals surface area contributed by atoms with E-state index in [1.54, 1.807) is 6.07 Å². The highest BCUT2D eigenvalue weighted by Crippen LogP contribution is 2.35. The number of hydrogen-bond donors (Lipinski definition) is 2. The van der Waals surface area contributed by atoms with E-state index >= 15 is 0 Å². The molecular weight excluding hydrogens is 299 g/mol. The van der Waals surface area contributed by atoms with Crippen LogP contribution in [0.15, 0.2) is 18.2 Å². The summed E-state index contributed by atoms with van der Waals surface area (Å²) in [7, 11) is 1.40. The average Bonchev–Trinajstić information content (AvgIpc) is 2.47. The molecule has 1 fully saturated rings. The molecule has 0 radical (unpaired) electrons. The van der Waals surface area contributed by atoms with E-state index < -0.39 is 11.5 Å². The third kappa shape index (κ3) is 3.45. The number of hydroxylamine groups is 2. The van der Waals surface area contributed by atoms with Gasteiger partial charge in [0.15, 0.2) is 0 Å². The van der Waals surface area contributed by atoms with Crippen LogP contribution < -0.4 is 5.32 Å². The zero-order valence-electron chi connectivity index (χ0n) is 11.7. The summed E-state index contributed by atoms with van der Waals surface area (Å²) in [6.07, 6.45) is 2.30. The van der Waals surface area contributed by atoms with Gasteiger partial charge < -0.3 is 10.4 Å². The first-order valence-corrected chi connectivity index (χ1v) is 7.08. The third-order valence-electron chi connectivity index (χ3n) is 3.79. The fourth-order valence-corrected chi connectivity index (χ4v) is 2.82. The maximum Gasteiger partial charge on any atom is 0.235 e. The quantitative estimate of drug-likeness (QED) is 0.498. The van der Waals surface area contributed by atoms with Gasteiger partial charge in [-0.2, -0.15) is 5.06 Å². The second-order valence-electron chi connectivity index (χ2n) is 5.13. The van der Waals surface area contributed by atoms with Gasteiger partial charge in [-0.25, -0.2) is 4.39 Å². The first kappa shape index (κ1) is 16.0. The van der Waals surface area contributed by atoms with Crippen molar-refractivity contribution in [1.82, 2.24) is 5.06 Å². The van der Waals surface area contributed by atoms with Crippen LogP contribution in [0, 0.1) is 5.82 Å². The minimum Gasteiger partial charge on any atom is -0.393 e. The van der Waals surface area contributed by atoms with E-state index in [0.717, 1.165) is 0 Å². The Hall–Kier alpha value is -1.37. The minimum absolute atomic E-state index is 0.000985. The number of carbonyl (C=O) groups is 1. The maximum atomic E-state index is 13.2. The summed E-state index contributed by atoms with van der Waals surface area (Å²) in [5, 5.41) is 14.1. The lowest BCUT2D eigenvalue weighted by Crippen LogP contribution is -2.56. The SMILES string of the molecule is CON(C=O)C1(Nc2ccc(F)c(Cl)c2)CCC(O)CC1. The number of nitrogens with one attached hydrogen (secondary N) is 1. The summed E-state index contributed by atoms with van der Waals surface area (Å²) in [5.41, 5.74) is -0.196. The molecule has 0 atom stereocenters. The van der Waals surface area contributed by atoms with Crippen LogP contribution in [0.5, 0.6) is 0 Å². The molecule has 1 aromatic rings. The second-order valence-corrected chi connectivity index (χ2v) is 5.54. The van der Waals surface area contributed by atoms with Gasteiger partial charge >= 0.3 is 0 Å². The summed E-state index contributed by atoms with van der Waals surface area (Å²) in [6, 6.07) is 4.27. The fourth-order valence-electron chi connectivity index (χ4n) is 2.64.